The molecule has 166 valence electrons. The molecule has 1 aromatic carbocycles. The van der Waals surface area contributed by atoms with Crippen LogP contribution >= 0.6 is 10.0 Å². The summed E-state index contributed by atoms with van der Waals surface area (Å²) < 4.78 is 14.9. The van der Waals surface area contributed by atoms with Gasteiger partial charge >= 0.3 is 5.69 Å². The molecule has 0 radical (unpaired) electrons. The molecule has 0 atom stereocenters. The average molecular weight is 444 g/mol. The van der Waals surface area contributed by atoms with Crippen molar-refractivity contribution in [2.75, 3.05) is 42.5 Å². The van der Waals surface area contributed by atoms with Crippen LogP contribution in [-0.2, 0) is 7.05 Å². The fourth-order valence-corrected chi connectivity index (χ4v) is 6.41. The van der Waals surface area contributed by atoms with Crippen molar-refractivity contribution in [3.63, 3.8) is 0 Å². The maximum atomic E-state index is 13.0. The van der Waals surface area contributed by atoms with E-state index in [9.17, 15) is 4.79 Å². The molecule has 1 saturated heterocycles. The Morgan fingerprint density at radius 2 is 1.81 bits per heavy atom. The van der Waals surface area contributed by atoms with Crippen LogP contribution in [0.2, 0.25) is 0 Å². The highest BCUT2D eigenvalue weighted by Crippen LogP contribution is 2.48. The SMILES string of the molecule is Cc1cc2c(cc1Nc1ncc3c(n1)n(C1CCS(C)(C)CC1)c(=O)n3C)OCCO2. The Kier molecular flexibility index (Phi) is 4.88. The normalized spacial score (nSPS) is 19.4. The minimum atomic E-state index is -0.534. The van der Waals surface area contributed by atoms with Gasteiger partial charge in [-0.2, -0.15) is 4.98 Å². The van der Waals surface area contributed by atoms with Gasteiger partial charge in [-0.3, -0.25) is 9.13 Å². The van der Waals surface area contributed by atoms with E-state index < -0.39 is 10.0 Å². The highest BCUT2D eigenvalue weighted by molar-refractivity contribution is 8.32. The molecule has 8 nitrogen and oxygen atoms in total. The maximum Gasteiger partial charge on any atom is 0.330 e. The number of hydrogen-bond acceptors (Lipinski definition) is 6. The molecule has 9 heteroatoms. The predicted molar refractivity (Wildman–Crippen MR) is 126 cm³/mol. The second-order valence-electron chi connectivity index (χ2n) is 8.96. The third-order valence-corrected chi connectivity index (χ3v) is 9.02. The van der Waals surface area contributed by atoms with Gasteiger partial charge in [-0.1, -0.05) is 0 Å². The Hall–Kier alpha value is -2.68. The molecule has 0 unspecified atom stereocenters. The lowest BCUT2D eigenvalue weighted by Gasteiger charge is -2.39. The molecule has 31 heavy (non-hydrogen) atoms. The first-order valence-electron chi connectivity index (χ1n) is 10.6. The van der Waals surface area contributed by atoms with Crippen molar-refractivity contribution >= 4 is 32.8 Å². The summed E-state index contributed by atoms with van der Waals surface area (Å²) in [6.07, 6.45) is 8.54. The number of hydrogen-bond donors (Lipinski definition) is 1. The molecule has 2 aromatic heterocycles. The summed E-state index contributed by atoms with van der Waals surface area (Å²) in [6.45, 7) is 3.10. The van der Waals surface area contributed by atoms with Gasteiger partial charge in [0, 0.05) is 24.8 Å². The molecule has 0 bridgehead atoms. The second kappa shape index (κ2) is 7.47. The largest absolute Gasteiger partial charge is 0.486 e. The Balaban J connectivity index is 1.51. The summed E-state index contributed by atoms with van der Waals surface area (Å²) in [4.78, 5) is 22.3. The van der Waals surface area contributed by atoms with Crippen molar-refractivity contribution in [1.29, 1.82) is 0 Å². The standard InChI is InChI=1S/C22H29N5O3S/c1-14-11-18-19(30-8-7-29-18)12-16(14)24-21-23-13-17-20(25-21)27(22(28)26(17)2)15-5-9-31(3,4)10-6-15/h11-13,15H,5-10H2,1-4H3,(H,23,24,25). The molecule has 2 aliphatic heterocycles. The summed E-state index contributed by atoms with van der Waals surface area (Å²) in [5.74, 6) is 4.31. The minimum Gasteiger partial charge on any atom is -0.486 e. The molecule has 3 aromatic rings. The molecule has 0 saturated carbocycles. The number of fused-ring (bicyclic) bond motifs is 2. The van der Waals surface area contributed by atoms with Crippen molar-refractivity contribution in [1.82, 2.24) is 19.1 Å². The van der Waals surface area contributed by atoms with Gasteiger partial charge in [0.2, 0.25) is 5.95 Å². The molecule has 0 spiro atoms. The molecule has 1 fully saturated rings. The average Bonchev–Trinajstić information content (AvgIpc) is 2.99. The highest BCUT2D eigenvalue weighted by atomic mass is 32.3. The van der Waals surface area contributed by atoms with Gasteiger partial charge in [0.1, 0.15) is 18.7 Å². The molecular formula is C22H29N5O3S. The van der Waals surface area contributed by atoms with E-state index in [0.717, 1.165) is 35.4 Å². The van der Waals surface area contributed by atoms with Crippen LogP contribution in [-0.4, -0.2) is 56.3 Å². The van der Waals surface area contributed by atoms with Crippen molar-refractivity contribution in [3.05, 3.63) is 34.4 Å². The first-order valence-corrected chi connectivity index (χ1v) is 13.4. The van der Waals surface area contributed by atoms with Crippen LogP contribution in [0.25, 0.3) is 11.2 Å². The summed E-state index contributed by atoms with van der Waals surface area (Å²) in [5, 5.41) is 3.31. The van der Waals surface area contributed by atoms with E-state index in [1.165, 1.54) is 11.5 Å². The smallest absolute Gasteiger partial charge is 0.330 e. The van der Waals surface area contributed by atoms with Crippen LogP contribution < -0.4 is 20.5 Å². The lowest BCUT2D eigenvalue weighted by atomic mass is 10.1. The molecule has 4 heterocycles. The number of nitrogens with zero attached hydrogens (tertiary/aromatic N) is 4. The van der Waals surface area contributed by atoms with Crippen molar-refractivity contribution in [3.8, 4) is 11.5 Å². The minimum absolute atomic E-state index is 0.0170. The van der Waals surface area contributed by atoms with Gasteiger partial charge in [0.15, 0.2) is 17.1 Å². The third-order valence-electron chi connectivity index (χ3n) is 6.34. The fourth-order valence-electron chi connectivity index (χ4n) is 4.39. The van der Waals surface area contributed by atoms with E-state index in [-0.39, 0.29) is 11.7 Å². The van der Waals surface area contributed by atoms with E-state index in [2.05, 4.69) is 22.8 Å². The highest BCUT2D eigenvalue weighted by Gasteiger charge is 2.28. The second-order valence-corrected chi connectivity index (χ2v) is 13.3. The van der Waals surface area contributed by atoms with Crippen LogP contribution in [0.1, 0.15) is 24.4 Å². The fraction of sp³-hybridized carbons (Fsp3) is 0.500. The zero-order valence-corrected chi connectivity index (χ0v) is 19.3. The summed E-state index contributed by atoms with van der Waals surface area (Å²) in [6, 6.07) is 4.07. The van der Waals surface area contributed by atoms with E-state index in [1.54, 1.807) is 17.8 Å². The number of nitrogens with one attached hydrogen (secondary N) is 1. The van der Waals surface area contributed by atoms with Gasteiger partial charge < -0.3 is 14.8 Å². The van der Waals surface area contributed by atoms with Crippen LogP contribution in [0.4, 0.5) is 11.6 Å². The van der Waals surface area contributed by atoms with Gasteiger partial charge in [-0.25, -0.2) is 19.8 Å². The van der Waals surface area contributed by atoms with E-state index >= 15 is 0 Å². The van der Waals surface area contributed by atoms with Crippen LogP contribution in [0.5, 0.6) is 11.5 Å². The number of aromatic nitrogens is 4. The first-order chi connectivity index (χ1) is 14.8. The van der Waals surface area contributed by atoms with Crippen LogP contribution in [0, 0.1) is 6.92 Å². The molecule has 0 amide bonds. The van der Waals surface area contributed by atoms with E-state index in [4.69, 9.17) is 14.5 Å². The first kappa shape index (κ1) is 20.2. The molecule has 5 rings (SSSR count). The van der Waals surface area contributed by atoms with Gasteiger partial charge in [-0.15, -0.1) is 0 Å². The van der Waals surface area contributed by atoms with Crippen LogP contribution in [0.3, 0.4) is 0 Å². The number of imidazole rings is 1. The Morgan fingerprint density at radius 1 is 1.13 bits per heavy atom. The van der Waals surface area contributed by atoms with Crippen molar-refractivity contribution in [2.45, 2.75) is 25.8 Å². The number of benzene rings is 1. The van der Waals surface area contributed by atoms with E-state index in [1.807, 2.05) is 23.6 Å². The zero-order chi connectivity index (χ0) is 21.8. The lowest BCUT2D eigenvalue weighted by molar-refractivity contribution is 0.171. The van der Waals surface area contributed by atoms with E-state index in [0.29, 0.717) is 30.6 Å². The molecule has 0 aliphatic carbocycles. The van der Waals surface area contributed by atoms with Crippen molar-refractivity contribution < 1.29 is 9.47 Å². The zero-order valence-electron chi connectivity index (χ0n) is 18.5. The summed E-state index contributed by atoms with van der Waals surface area (Å²) >= 11 is 0. The predicted octanol–water partition coefficient (Wildman–Crippen LogP) is 3.35. The topological polar surface area (TPSA) is 83.2 Å². The number of aryl methyl sites for hydroxylation is 2. The van der Waals surface area contributed by atoms with Gasteiger partial charge in [0.05, 0.1) is 6.20 Å². The van der Waals surface area contributed by atoms with Crippen LogP contribution in [0.15, 0.2) is 23.1 Å². The Labute approximate surface area is 182 Å². The Bertz CT molecular complexity index is 1210. The van der Waals surface area contributed by atoms with Gasteiger partial charge in [-0.05, 0) is 55.4 Å². The molecule has 2 aliphatic rings. The van der Waals surface area contributed by atoms with Crippen molar-refractivity contribution in [2.24, 2.45) is 7.05 Å². The summed E-state index contributed by atoms with van der Waals surface area (Å²) in [5.41, 5.74) is 3.30. The number of rotatable bonds is 3. The maximum absolute atomic E-state index is 13.0. The monoisotopic (exact) mass is 443 g/mol. The Morgan fingerprint density at radius 3 is 2.52 bits per heavy atom. The summed E-state index contributed by atoms with van der Waals surface area (Å²) in [7, 11) is 1.26. The third kappa shape index (κ3) is 3.64. The quantitative estimate of drug-likeness (QED) is 0.668. The number of anilines is 2. The lowest BCUT2D eigenvalue weighted by Crippen LogP contribution is -2.31. The molecule has 1 N–H and O–H groups in total. The molecular weight excluding hydrogens is 414 g/mol. The number of ether oxygens (including phenoxy) is 2. The van der Waals surface area contributed by atoms with Gasteiger partial charge in [0.25, 0.3) is 0 Å².